The lowest BCUT2D eigenvalue weighted by Crippen LogP contribution is -2.40. The van der Waals surface area contributed by atoms with Gasteiger partial charge in [-0.25, -0.2) is 0 Å². The quantitative estimate of drug-likeness (QED) is 0.868. The minimum Gasteiger partial charge on any atom is -0.309 e. The van der Waals surface area contributed by atoms with Gasteiger partial charge in [0.1, 0.15) is 10.9 Å². The Labute approximate surface area is 101 Å². The van der Waals surface area contributed by atoms with Crippen LogP contribution in [0.2, 0.25) is 0 Å². The molecule has 0 aromatic carbocycles. The molecule has 0 amide bonds. The number of nitriles is 1. The zero-order valence-electron chi connectivity index (χ0n) is 9.57. The van der Waals surface area contributed by atoms with Crippen molar-refractivity contribution in [2.45, 2.75) is 25.4 Å². The van der Waals surface area contributed by atoms with Gasteiger partial charge in [-0.05, 0) is 45.1 Å². The van der Waals surface area contributed by atoms with Crippen LogP contribution < -0.4 is 5.32 Å². The Balaban J connectivity index is 1.77. The van der Waals surface area contributed by atoms with Crippen LogP contribution in [-0.2, 0) is 6.54 Å². The predicted octanol–water partition coefficient (Wildman–Crippen LogP) is 1.80. The Bertz CT molecular complexity index is 372. The lowest BCUT2D eigenvalue weighted by Gasteiger charge is -2.29. The fourth-order valence-corrected chi connectivity index (χ4v) is 2.75. The molecule has 2 heterocycles. The number of hydrogen-bond acceptors (Lipinski definition) is 4. The molecule has 16 heavy (non-hydrogen) atoms. The summed E-state index contributed by atoms with van der Waals surface area (Å²) in [4.78, 5) is 4.44. The average Bonchev–Trinajstić information content (AvgIpc) is 2.76. The summed E-state index contributed by atoms with van der Waals surface area (Å²) in [5.74, 6) is 0. The summed E-state index contributed by atoms with van der Waals surface area (Å²) in [5, 5.41) is 12.3. The Morgan fingerprint density at radius 1 is 1.50 bits per heavy atom. The van der Waals surface area contributed by atoms with Crippen LogP contribution in [0, 0.1) is 11.3 Å². The van der Waals surface area contributed by atoms with E-state index >= 15 is 0 Å². The number of hydrogen-bond donors (Lipinski definition) is 1. The Morgan fingerprint density at radius 2 is 2.25 bits per heavy atom. The maximum atomic E-state index is 8.73. The van der Waals surface area contributed by atoms with Crippen molar-refractivity contribution in [2.24, 2.45) is 0 Å². The summed E-state index contributed by atoms with van der Waals surface area (Å²) < 4.78 is 0. The second-order valence-electron chi connectivity index (χ2n) is 4.34. The van der Waals surface area contributed by atoms with E-state index in [9.17, 15) is 0 Å². The fraction of sp³-hybridized carbons (Fsp3) is 0.583. The zero-order chi connectivity index (χ0) is 11.4. The highest BCUT2D eigenvalue weighted by molar-refractivity contribution is 7.12. The van der Waals surface area contributed by atoms with Gasteiger partial charge >= 0.3 is 0 Å². The summed E-state index contributed by atoms with van der Waals surface area (Å²) in [5.41, 5.74) is 0. The SMILES string of the molecule is CN1CCC(NCc2ccc(C#N)s2)CC1. The van der Waals surface area contributed by atoms with Gasteiger partial charge in [-0.15, -0.1) is 11.3 Å². The molecular weight excluding hydrogens is 218 g/mol. The van der Waals surface area contributed by atoms with Crippen molar-refractivity contribution < 1.29 is 0 Å². The summed E-state index contributed by atoms with van der Waals surface area (Å²) in [6.45, 7) is 3.28. The van der Waals surface area contributed by atoms with E-state index in [-0.39, 0.29) is 0 Å². The van der Waals surface area contributed by atoms with Gasteiger partial charge in [-0.1, -0.05) is 0 Å². The second kappa shape index (κ2) is 5.44. The van der Waals surface area contributed by atoms with E-state index in [4.69, 9.17) is 5.26 Å². The topological polar surface area (TPSA) is 39.1 Å². The first-order valence-corrected chi connectivity index (χ1v) is 6.50. The highest BCUT2D eigenvalue weighted by Gasteiger charge is 2.15. The monoisotopic (exact) mass is 235 g/mol. The Kier molecular flexibility index (Phi) is 3.94. The number of likely N-dealkylation sites (tertiary alicyclic amines) is 1. The molecule has 86 valence electrons. The molecule has 0 radical (unpaired) electrons. The van der Waals surface area contributed by atoms with Crippen LogP contribution in [0.5, 0.6) is 0 Å². The van der Waals surface area contributed by atoms with E-state index in [1.165, 1.54) is 30.8 Å². The molecule has 1 aromatic rings. The number of nitrogens with one attached hydrogen (secondary N) is 1. The van der Waals surface area contributed by atoms with Gasteiger partial charge in [0.05, 0.1) is 0 Å². The summed E-state index contributed by atoms with van der Waals surface area (Å²) in [6.07, 6.45) is 2.46. The maximum absolute atomic E-state index is 8.73. The average molecular weight is 235 g/mol. The molecule has 3 nitrogen and oxygen atoms in total. The van der Waals surface area contributed by atoms with Crippen LogP contribution in [-0.4, -0.2) is 31.1 Å². The minimum atomic E-state index is 0.642. The summed E-state index contributed by atoms with van der Waals surface area (Å²) in [6, 6.07) is 6.76. The van der Waals surface area contributed by atoms with E-state index in [0.717, 1.165) is 11.4 Å². The smallest absolute Gasteiger partial charge is 0.110 e. The van der Waals surface area contributed by atoms with Crippen molar-refractivity contribution in [3.8, 4) is 6.07 Å². The minimum absolute atomic E-state index is 0.642. The molecule has 0 atom stereocenters. The van der Waals surface area contributed by atoms with Crippen LogP contribution in [0.15, 0.2) is 12.1 Å². The molecule has 0 unspecified atom stereocenters. The number of rotatable bonds is 3. The Morgan fingerprint density at radius 3 is 2.88 bits per heavy atom. The molecule has 1 saturated heterocycles. The first-order valence-electron chi connectivity index (χ1n) is 5.68. The first kappa shape index (κ1) is 11.6. The van der Waals surface area contributed by atoms with Crippen molar-refractivity contribution >= 4 is 11.3 Å². The van der Waals surface area contributed by atoms with Crippen molar-refractivity contribution in [3.05, 3.63) is 21.9 Å². The molecule has 0 spiro atoms. The predicted molar refractivity (Wildman–Crippen MR) is 66.4 cm³/mol. The highest BCUT2D eigenvalue weighted by atomic mass is 32.1. The Hall–Kier alpha value is -0.890. The third-order valence-electron chi connectivity index (χ3n) is 3.06. The van der Waals surface area contributed by atoms with Gasteiger partial charge in [0.25, 0.3) is 0 Å². The van der Waals surface area contributed by atoms with Gasteiger partial charge in [0.15, 0.2) is 0 Å². The molecule has 1 fully saturated rings. The molecule has 1 aromatic heterocycles. The maximum Gasteiger partial charge on any atom is 0.110 e. The lowest BCUT2D eigenvalue weighted by atomic mass is 10.1. The van der Waals surface area contributed by atoms with E-state index < -0.39 is 0 Å². The van der Waals surface area contributed by atoms with Crippen LogP contribution in [0.25, 0.3) is 0 Å². The molecule has 4 heteroatoms. The summed E-state index contributed by atoms with van der Waals surface area (Å²) in [7, 11) is 2.18. The van der Waals surface area contributed by atoms with Crippen LogP contribution >= 0.6 is 11.3 Å². The first-order chi connectivity index (χ1) is 7.78. The van der Waals surface area contributed by atoms with Gasteiger partial charge in [-0.2, -0.15) is 5.26 Å². The number of piperidine rings is 1. The molecule has 1 aliphatic heterocycles. The van der Waals surface area contributed by atoms with Gasteiger partial charge in [0.2, 0.25) is 0 Å². The molecule has 0 saturated carbocycles. The largest absolute Gasteiger partial charge is 0.309 e. The summed E-state index contributed by atoms with van der Waals surface area (Å²) >= 11 is 1.59. The molecule has 1 aliphatic rings. The second-order valence-corrected chi connectivity index (χ2v) is 5.50. The van der Waals surface area contributed by atoms with Crippen molar-refractivity contribution in [1.82, 2.24) is 10.2 Å². The molecule has 1 N–H and O–H groups in total. The lowest BCUT2D eigenvalue weighted by molar-refractivity contribution is 0.234. The fourth-order valence-electron chi connectivity index (χ4n) is 1.99. The van der Waals surface area contributed by atoms with E-state index in [1.807, 2.05) is 12.1 Å². The highest BCUT2D eigenvalue weighted by Crippen LogP contribution is 2.16. The van der Waals surface area contributed by atoms with Crippen LogP contribution in [0.4, 0.5) is 0 Å². The van der Waals surface area contributed by atoms with Gasteiger partial charge < -0.3 is 10.2 Å². The molecular formula is C12H17N3S. The number of nitrogens with zero attached hydrogens (tertiary/aromatic N) is 2. The van der Waals surface area contributed by atoms with Crippen LogP contribution in [0.1, 0.15) is 22.6 Å². The van der Waals surface area contributed by atoms with Crippen molar-refractivity contribution in [2.75, 3.05) is 20.1 Å². The van der Waals surface area contributed by atoms with Crippen LogP contribution in [0.3, 0.4) is 0 Å². The van der Waals surface area contributed by atoms with E-state index in [0.29, 0.717) is 6.04 Å². The van der Waals surface area contributed by atoms with E-state index in [1.54, 1.807) is 11.3 Å². The molecule has 0 bridgehead atoms. The van der Waals surface area contributed by atoms with Gasteiger partial charge in [0, 0.05) is 17.5 Å². The third-order valence-corrected chi connectivity index (χ3v) is 4.05. The standard InChI is InChI=1S/C12H17N3S/c1-15-6-4-10(5-7-15)14-9-12-3-2-11(8-13)16-12/h2-3,10,14H,4-7,9H2,1H3. The van der Waals surface area contributed by atoms with Gasteiger partial charge in [-0.3, -0.25) is 0 Å². The normalized spacial score (nSPS) is 18.5. The van der Waals surface area contributed by atoms with E-state index in [2.05, 4.69) is 23.3 Å². The molecule has 2 rings (SSSR count). The number of thiophene rings is 1. The molecule has 0 aliphatic carbocycles. The van der Waals surface area contributed by atoms with Crippen molar-refractivity contribution in [3.63, 3.8) is 0 Å². The zero-order valence-corrected chi connectivity index (χ0v) is 10.4. The third kappa shape index (κ3) is 3.05. The van der Waals surface area contributed by atoms with Crippen molar-refractivity contribution in [1.29, 1.82) is 5.26 Å².